The van der Waals surface area contributed by atoms with Crippen molar-refractivity contribution < 1.29 is 40.1 Å². The molecule has 10 nitrogen and oxygen atoms in total. The number of aromatic nitrogens is 4. The van der Waals surface area contributed by atoms with E-state index in [4.69, 9.17) is 17.7 Å². The number of fused-ring (bicyclic) bond motifs is 2. The Labute approximate surface area is 302 Å². The fraction of sp³-hybridized carbons (Fsp3) is 0.829. The maximum absolute atomic E-state index is 16.7. The quantitative estimate of drug-likeness (QED) is 0.102. The molecule has 0 saturated carbocycles. The average molecular weight is 762 g/mol. The Morgan fingerprint density at radius 3 is 2.02 bits per heavy atom. The summed E-state index contributed by atoms with van der Waals surface area (Å²) in [6.45, 7) is 18.6. The van der Waals surface area contributed by atoms with E-state index in [0.717, 1.165) is 30.3 Å². The van der Waals surface area contributed by atoms with Crippen molar-refractivity contribution in [3.8, 4) is 0 Å². The molecule has 290 valence electrons. The van der Waals surface area contributed by atoms with Crippen LogP contribution in [-0.2, 0) is 28.7 Å². The Bertz CT molecular complexity index is 1430. The van der Waals surface area contributed by atoms with E-state index in [2.05, 4.69) is 54.9 Å². The van der Waals surface area contributed by atoms with Crippen LogP contribution in [-0.4, -0.2) is 67.5 Å². The van der Waals surface area contributed by atoms with Crippen LogP contribution < -0.4 is 5.32 Å². The number of unbranched alkanes of at least 4 members (excludes halogenated alkanes) is 8. The van der Waals surface area contributed by atoms with Crippen molar-refractivity contribution in [2.24, 2.45) is 0 Å². The van der Waals surface area contributed by atoms with Gasteiger partial charge in [0, 0.05) is 6.42 Å². The van der Waals surface area contributed by atoms with Crippen LogP contribution in [0.5, 0.6) is 0 Å². The molecule has 2 aliphatic heterocycles. The lowest BCUT2D eigenvalue weighted by molar-refractivity contribution is -0.144. The molecule has 2 saturated heterocycles. The zero-order valence-corrected chi connectivity index (χ0v) is 33.8. The van der Waals surface area contributed by atoms with Gasteiger partial charge in [-0.1, -0.05) is 114 Å². The minimum Gasteiger partial charge on any atom is -0.414 e. The molecule has 1 N–H and O–H groups in total. The van der Waals surface area contributed by atoms with Crippen molar-refractivity contribution in [2.45, 2.75) is 179 Å². The minimum atomic E-state index is -4.94. The van der Waals surface area contributed by atoms with Crippen molar-refractivity contribution in [3.63, 3.8) is 0 Å². The summed E-state index contributed by atoms with van der Waals surface area (Å²) in [5, 5.41) is 2.52. The van der Waals surface area contributed by atoms with Crippen molar-refractivity contribution in [2.75, 3.05) is 11.9 Å². The van der Waals surface area contributed by atoms with Crippen LogP contribution in [0.15, 0.2) is 6.33 Å². The summed E-state index contributed by atoms with van der Waals surface area (Å²) in [5.41, 5.74) is -0.405. The van der Waals surface area contributed by atoms with E-state index in [1.807, 2.05) is 27.7 Å². The van der Waals surface area contributed by atoms with Gasteiger partial charge in [-0.2, -0.15) is 13.2 Å². The molecule has 0 spiro atoms. The van der Waals surface area contributed by atoms with Crippen LogP contribution in [0.1, 0.15) is 139 Å². The topological polar surface area (TPSA) is 110 Å². The average Bonchev–Trinajstić information content (AvgIpc) is 3.59. The lowest BCUT2D eigenvalue weighted by atomic mass is 10.1. The lowest BCUT2D eigenvalue weighted by Gasteiger charge is -2.51. The summed E-state index contributed by atoms with van der Waals surface area (Å²) in [6, 6.07) is 0. The number of nitrogens with zero attached hydrogens (tertiary/aromatic N) is 4. The van der Waals surface area contributed by atoms with Gasteiger partial charge >= 0.3 is 23.3 Å². The van der Waals surface area contributed by atoms with E-state index >= 15 is 4.39 Å². The second-order valence-corrected chi connectivity index (χ2v) is 24.3. The van der Waals surface area contributed by atoms with Crippen LogP contribution in [0.3, 0.4) is 0 Å². The van der Waals surface area contributed by atoms with Crippen LogP contribution >= 0.6 is 0 Å². The molecule has 2 fully saturated rings. The van der Waals surface area contributed by atoms with Gasteiger partial charge in [-0.3, -0.25) is 9.36 Å². The van der Waals surface area contributed by atoms with Crippen LogP contribution in [0, 0.1) is 0 Å². The molecule has 1 amide bonds. The van der Waals surface area contributed by atoms with Gasteiger partial charge in [-0.15, -0.1) is 0 Å². The van der Waals surface area contributed by atoms with Gasteiger partial charge in [-0.25, -0.2) is 19.3 Å². The van der Waals surface area contributed by atoms with Crippen molar-refractivity contribution >= 4 is 40.0 Å². The molecule has 2 aliphatic rings. The second-order valence-electron chi connectivity index (χ2n) is 15.4. The highest BCUT2D eigenvalue weighted by Crippen LogP contribution is 2.49. The molecule has 16 heteroatoms. The monoisotopic (exact) mass is 761 g/mol. The summed E-state index contributed by atoms with van der Waals surface area (Å²) >= 11 is 0. The number of rotatable bonds is 16. The molecular weight excluding hydrogens is 703 g/mol. The van der Waals surface area contributed by atoms with E-state index in [0.29, 0.717) is 6.42 Å². The van der Waals surface area contributed by atoms with Gasteiger partial charge in [0.1, 0.15) is 12.2 Å². The third kappa shape index (κ3) is 9.22. The molecule has 4 rings (SSSR count). The van der Waals surface area contributed by atoms with E-state index in [9.17, 15) is 18.0 Å². The number of halogens is 4. The normalized spacial score (nSPS) is 23.7. The van der Waals surface area contributed by atoms with Gasteiger partial charge in [0.15, 0.2) is 29.4 Å². The molecule has 4 heterocycles. The molecule has 2 aromatic heterocycles. The van der Waals surface area contributed by atoms with Crippen LogP contribution in [0.2, 0.25) is 22.2 Å². The molecule has 0 aromatic carbocycles. The summed E-state index contributed by atoms with van der Waals surface area (Å²) in [6.07, 6.45) is 0.710. The summed E-state index contributed by atoms with van der Waals surface area (Å²) in [4.78, 5) is 24.6. The largest absolute Gasteiger partial charge is 0.451 e. The van der Waals surface area contributed by atoms with E-state index in [1.165, 1.54) is 32.0 Å². The molecular formula is C35H59F4N5O5Si2. The minimum absolute atomic E-state index is 0.000415. The Kier molecular flexibility index (Phi) is 14.3. The molecule has 0 aliphatic carbocycles. The molecule has 2 aromatic rings. The van der Waals surface area contributed by atoms with Crippen molar-refractivity contribution in [1.29, 1.82) is 0 Å². The fourth-order valence-corrected chi connectivity index (χ4v) is 18.6. The predicted octanol–water partition coefficient (Wildman–Crippen LogP) is 9.90. The van der Waals surface area contributed by atoms with E-state index < -0.39 is 59.6 Å². The number of carbonyl (C=O) groups excluding carboxylic acids is 1. The smallest absolute Gasteiger partial charge is 0.414 e. The molecule has 51 heavy (non-hydrogen) atoms. The number of hydrogen-bond acceptors (Lipinski definition) is 8. The number of alkyl halides is 4. The number of ether oxygens (including phenoxy) is 1. The summed E-state index contributed by atoms with van der Waals surface area (Å²) in [7, 11) is -6.13. The fourth-order valence-electron chi connectivity index (χ4n) is 7.44. The number of amides is 1. The number of nitrogens with one attached hydrogen (secondary N) is 1. The number of imidazole rings is 1. The van der Waals surface area contributed by atoms with E-state index in [1.54, 1.807) is 0 Å². The van der Waals surface area contributed by atoms with Gasteiger partial charge < -0.3 is 23.0 Å². The van der Waals surface area contributed by atoms with Crippen molar-refractivity contribution in [3.05, 3.63) is 12.2 Å². The molecule has 1 unspecified atom stereocenters. The Morgan fingerprint density at radius 2 is 1.47 bits per heavy atom. The maximum atomic E-state index is 16.7. The summed E-state index contributed by atoms with van der Waals surface area (Å²) in [5.74, 6) is -2.33. The molecule has 0 radical (unpaired) electrons. The van der Waals surface area contributed by atoms with Gasteiger partial charge in [0.25, 0.3) is 0 Å². The van der Waals surface area contributed by atoms with Crippen LogP contribution in [0.4, 0.5) is 23.4 Å². The first-order valence-corrected chi connectivity index (χ1v) is 22.9. The third-order valence-corrected chi connectivity index (χ3v) is 20.6. The van der Waals surface area contributed by atoms with Gasteiger partial charge in [-0.05, 0) is 28.6 Å². The standard InChI is InChI=1S/C35H59F4N5O5Si2/c1-10-11-12-13-14-15-16-17-18-19-27(45)41-31-29-32(43-34(42-31)35(37,38)39)44(21-40-29)33-28(36)30-26(47-33)20-46-50(22(2)3,23(4)5)49-51(48-30,24(6)7)25(8)9/h21-26,28,30,33H,10-20H2,1-9H3,(H,41,42,43,45)/t26-,28?,30+,33-/m1/s1. The zero-order valence-electron chi connectivity index (χ0n) is 31.8. The Hall–Kier alpha value is -1.99. The molecule has 4 atom stereocenters. The molecule has 0 bridgehead atoms. The third-order valence-electron chi connectivity index (χ3n) is 10.3. The van der Waals surface area contributed by atoms with Crippen LogP contribution in [0.25, 0.3) is 11.2 Å². The Morgan fingerprint density at radius 1 is 0.902 bits per heavy atom. The second kappa shape index (κ2) is 17.4. The SMILES string of the molecule is CCCCCCCCCCCC(=O)Nc1nc(C(F)(F)F)nc2c1ncn2[C@@H]1O[C@@H]2CO[Si](C(C)C)(C(C)C)O[Si](C(C)C)(C(C)C)O[C@@H]2C1F. The van der Waals surface area contributed by atoms with Gasteiger partial charge in [0.2, 0.25) is 11.7 Å². The zero-order chi connectivity index (χ0) is 37.7. The maximum Gasteiger partial charge on any atom is 0.451 e. The van der Waals surface area contributed by atoms with Crippen molar-refractivity contribution in [1.82, 2.24) is 19.5 Å². The first-order chi connectivity index (χ1) is 24.0. The van der Waals surface area contributed by atoms with Gasteiger partial charge in [0.05, 0.1) is 12.9 Å². The highest BCUT2D eigenvalue weighted by molar-refractivity contribution is 6.84. The first kappa shape index (κ1) is 41.8. The van der Waals surface area contributed by atoms with E-state index in [-0.39, 0.29) is 52.2 Å². The predicted molar refractivity (Wildman–Crippen MR) is 193 cm³/mol. The number of carbonyl (C=O) groups is 1. The number of anilines is 1. The highest BCUT2D eigenvalue weighted by Gasteiger charge is 2.62. The lowest BCUT2D eigenvalue weighted by Crippen LogP contribution is -2.65. The number of hydrogen-bond donors (Lipinski definition) is 1. The first-order valence-electron chi connectivity index (χ1n) is 18.9. The summed E-state index contributed by atoms with van der Waals surface area (Å²) < 4.78 is 87.2. The Balaban J connectivity index is 1.60. The highest BCUT2D eigenvalue weighted by atomic mass is 28.5.